The topological polar surface area (TPSA) is 107 Å². The molecule has 1 N–H and O–H groups in total. The van der Waals surface area contributed by atoms with Gasteiger partial charge in [0.2, 0.25) is 0 Å². The summed E-state index contributed by atoms with van der Waals surface area (Å²) in [5.41, 5.74) is 2.49. The van der Waals surface area contributed by atoms with E-state index in [2.05, 4.69) is 44.3 Å². The number of ether oxygens (including phenoxy) is 2. The van der Waals surface area contributed by atoms with Crippen molar-refractivity contribution in [3.05, 3.63) is 41.0 Å². The summed E-state index contributed by atoms with van der Waals surface area (Å²) in [5.74, 6) is 1.56. The van der Waals surface area contributed by atoms with E-state index >= 15 is 0 Å². The number of benzene rings is 1. The van der Waals surface area contributed by atoms with Crippen molar-refractivity contribution in [3.63, 3.8) is 0 Å². The third kappa shape index (κ3) is 4.53. The molecule has 1 saturated carbocycles. The molecule has 0 unspecified atom stereocenters. The van der Waals surface area contributed by atoms with Crippen LogP contribution in [0.25, 0.3) is 0 Å². The molecule has 2 aromatic rings. The first-order valence-corrected chi connectivity index (χ1v) is 15.7. The van der Waals surface area contributed by atoms with Gasteiger partial charge in [-0.1, -0.05) is 24.3 Å². The molecule has 1 aromatic heterocycles. The number of morpholine rings is 1. The Bertz CT molecular complexity index is 1410. The van der Waals surface area contributed by atoms with Crippen molar-refractivity contribution in [1.29, 1.82) is 5.26 Å². The van der Waals surface area contributed by atoms with Crippen LogP contribution in [0.3, 0.4) is 0 Å². The Kier molecular flexibility index (Phi) is 6.39. The molecular weight excluding hydrogens is 530 g/mol. The van der Waals surface area contributed by atoms with E-state index in [-0.39, 0.29) is 5.41 Å². The van der Waals surface area contributed by atoms with Crippen molar-refractivity contribution in [2.24, 2.45) is 5.41 Å². The predicted molar refractivity (Wildman–Crippen MR) is 157 cm³/mol. The van der Waals surface area contributed by atoms with E-state index in [1.165, 1.54) is 5.56 Å². The van der Waals surface area contributed by atoms with Gasteiger partial charge in [0, 0.05) is 69.7 Å². The van der Waals surface area contributed by atoms with Crippen LogP contribution in [-0.2, 0) is 21.4 Å². The lowest BCUT2D eigenvalue weighted by Gasteiger charge is -2.52. The van der Waals surface area contributed by atoms with Crippen molar-refractivity contribution in [2.45, 2.75) is 56.0 Å². The van der Waals surface area contributed by atoms with Crippen LogP contribution in [-0.4, -0.2) is 98.4 Å². The molecule has 42 heavy (non-hydrogen) atoms. The highest BCUT2D eigenvalue weighted by molar-refractivity contribution is 5.96. The summed E-state index contributed by atoms with van der Waals surface area (Å²) in [6.07, 6.45) is 5.92. The molecule has 5 fully saturated rings. The van der Waals surface area contributed by atoms with Crippen LogP contribution in [0.1, 0.15) is 48.8 Å². The second-order valence-corrected chi connectivity index (χ2v) is 13.4. The Labute approximate surface area is 247 Å². The van der Waals surface area contributed by atoms with E-state index in [1.807, 2.05) is 6.07 Å². The van der Waals surface area contributed by atoms with Gasteiger partial charge in [0.25, 0.3) is 0 Å². The number of Topliss-reactive ketones (excluding diaryl/α,β-unsaturated/α-hetero) is 1. The Morgan fingerprint density at radius 2 is 1.74 bits per heavy atom. The standard InChI is InChI=1S/C32H39N7O3/c33-15-25-28(38-16-23-6-7-24(17-38)34-23)35-30(42-21-31(9-10-31)18-37-11-13-41-14-12-37)36-29(25)39-19-32(20-39)26-4-2-1-3-22(26)5-8-27(32)40/h1-4,23-24,34H,5-14,16-21H2/t23-,24+. The fourth-order valence-corrected chi connectivity index (χ4v) is 7.93. The number of nitrogens with zero attached hydrogens (tertiary/aromatic N) is 6. The van der Waals surface area contributed by atoms with Gasteiger partial charge in [-0.2, -0.15) is 15.2 Å². The number of aromatic nitrogens is 2. The lowest BCUT2D eigenvalue weighted by molar-refractivity contribution is -0.126. The molecule has 10 heteroatoms. The number of ketones is 1. The third-order valence-corrected chi connectivity index (χ3v) is 10.5. The fourth-order valence-electron chi connectivity index (χ4n) is 7.93. The molecule has 1 aromatic carbocycles. The lowest BCUT2D eigenvalue weighted by Crippen LogP contribution is -2.65. The summed E-state index contributed by atoms with van der Waals surface area (Å²) in [5, 5.41) is 14.2. The number of fused-ring (bicyclic) bond motifs is 4. The highest BCUT2D eigenvalue weighted by Crippen LogP contribution is 2.48. The highest BCUT2D eigenvalue weighted by Gasteiger charge is 2.54. The summed E-state index contributed by atoms with van der Waals surface area (Å²) >= 11 is 0. The smallest absolute Gasteiger partial charge is 0.320 e. The van der Waals surface area contributed by atoms with Gasteiger partial charge in [-0.25, -0.2) is 0 Å². The van der Waals surface area contributed by atoms with Crippen molar-refractivity contribution >= 4 is 17.4 Å². The first-order valence-electron chi connectivity index (χ1n) is 15.7. The number of hydrogen-bond donors (Lipinski definition) is 1. The third-order valence-electron chi connectivity index (χ3n) is 10.5. The number of nitriles is 1. The summed E-state index contributed by atoms with van der Waals surface area (Å²) < 4.78 is 12.0. The number of hydrogen-bond acceptors (Lipinski definition) is 10. The monoisotopic (exact) mass is 569 g/mol. The summed E-state index contributed by atoms with van der Waals surface area (Å²) in [7, 11) is 0. The van der Waals surface area contributed by atoms with Crippen molar-refractivity contribution in [1.82, 2.24) is 20.2 Å². The molecule has 5 heterocycles. The van der Waals surface area contributed by atoms with E-state index in [0.717, 1.165) is 83.6 Å². The average Bonchev–Trinajstić information content (AvgIpc) is 3.68. The van der Waals surface area contributed by atoms with Crippen LogP contribution < -0.4 is 19.9 Å². The molecule has 8 rings (SSSR count). The fraction of sp³-hybridized carbons (Fsp3) is 0.625. The van der Waals surface area contributed by atoms with E-state index in [0.29, 0.717) is 67.2 Å². The van der Waals surface area contributed by atoms with Gasteiger partial charge in [0.05, 0.1) is 25.2 Å². The van der Waals surface area contributed by atoms with Gasteiger partial charge in [0.1, 0.15) is 17.4 Å². The normalized spacial score (nSPS) is 27.4. The zero-order valence-electron chi connectivity index (χ0n) is 24.2. The number of nitrogens with one attached hydrogen (secondary N) is 1. The second kappa shape index (κ2) is 10.2. The van der Waals surface area contributed by atoms with Crippen LogP contribution in [0.5, 0.6) is 6.01 Å². The molecule has 10 nitrogen and oxygen atoms in total. The number of carbonyl (C=O) groups excluding carboxylic acids is 1. The van der Waals surface area contributed by atoms with Crippen molar-refractivity contribution < 1.29 is 14.3 Å². The van der Waals surface area contributed by atoms with Gasteiger partial charge in [-0.3, -0.25) is 9.69 Å². The highest BCUT2D eigenvalue weighted by atomic mass is 16.5. The molecular formula is C32H39N7O3. The predicted octanol–water partition coefficient (Wildman–Crippen LogP) is 2.05. The van der Waals surface area contributed by atoms with Gasteiger partial charge < -0.3 is 24.6 Å². The Balaban J connectivity index is 1.09. The van der Waals surface area contributed by atoms with Crippen molar-refractivity contribution in [2.75, 3.05) is 75.4 Å². The largest absolute Gasteiger partial charge is 0.463 e. The maximum Gasteiger partial charge on any atom is 0.320 e. The van der Waals surface area contributed by atoms with Gasteiger partial charge in [-0.05, 0) is 43.2 Å². The number of piperazine rings is 1. The number of aryl methyl sites for hydroxylation is 1. The van der Waals surface area contributed by atoms with E-state index in [1.54, 1.807) is 0 Å². The van der Waals surface area contributed by atoms with Gasteiger partial charge in [0.15, 0.2) is 11.6 Å². The number of anilines is 2. The SMILES string of the molecule is N#Cc1c(N2C[C@H]3CC[C@@H](C2)N3)nc(OCC2(CN3CCOCC3)CC2)nc1N1CC2(C1)C(=O)CCc1ccccc12. The molecule has 4 saturated heterocycles. The van der Waals surface area contributed by atoms with Crippen LogP contribution in [0, 0.1) is 16.7 Å². The molecule has 2 atom stereocenters. The van der Waals surface area contributed by atoms with Crippen LogP contribution >= 0.6 is 0 Å². The van der Waals surface area contributed by atoms with Gasteiger partial charge >= 0.3 is 6.01 Å². The summed E-state index contributed by atoms with van der Waals surface area (Å²) in [4.78, 5) is 30.0. The van der Waals surface area contributed by atoms with Crippen molar-refractivity contribution in [3.8, 4) is 12.1 Å². The molecule has 220 valence electrons. The lowest BCUT2D eigenvalue weighted by atomic mass is 9.64. The molecule has 0 radical (unpaired) electrons. The minimum atomic E-state index is -0.530. The van der Waals surface area contributed by atoms with Gasteiger partial charge in [-0.15, -0.1) is 0 Å². The molecule has 6 aliphatic rings. The Morgan fingerprint density at radius 1 is 1.02 bits per heavy atom. The van der Waals surface area contributed by atoms with Crippen LogP contribution in [0.15, 0.2) is 24.3 Å². The molecule has 4 aliphatic heterocycles. The zero-order valence-corrected chi connectivity index (χ0v) is 24.2. The first-order chi connectivity index (χ1) is 20.5. The van der Waals surface area contributed by atoms with Crippen LogP contribution in [0.4, 0.5) is 11.6 Å². The number of carbonyl (C=O) groups is 1. The zero-order chi connectivity index (χ0) is 28.3. The molecule has 2 aliphatic carbocycles. The first kappa shape index (κ1) is 26.4. The van der Waals surface area contributed by atoms with E-state index < -0.39 is 5.41 Å². The molecule has 2 bridgehead atoms. The van der Waals surface area contributed by atoms with E-state index in [9.17, 15) is 10.1 Å². The summed E-state index contributed by atoms with van der Waals surface area (Å²) in [6.45, 7) is 7.78. The average molecular weight is 570 g/mol. The summed E-state index contributed by atoms with van der Waals surface area (Å²) in [6, 6.07) is 12.0. The molecule has 1 spiro atoms. The Hall–Kier alpha value is -3.26. The minimum absolute atomic E-state index is 0.127. The Morgan fingerprint density at radius 3 is 2.45 bits per heavy atom. The maximum absolute atomic E-state index is 13.4. The molecule has 0 amide bonds. The quantitative estimate of drug-likeness (QED) is 0.533. The van der Waals surface area contributed by atoms with Crippen LogP contribution in [0.2, 0.25) is 0 Å². The minimum Gasteiger partial charge on any atom is -0.463 e. The second-order valence-electron chi connectivity index (χ2n) is 13.4. The maximum atomic E-state index is 13.4. The van der Waals surface area contributed by atoms with E-state index in [4.69, 9.17) is 19.4 Å². The number of rotatable bonds is 7.